The van der Waals surface area contributed by atoms with E-state index in [4.69, 9.17) is 16.0 Å². The molecule has 34 heavy (non-hydrogen) atoms. The number of para-hydroxylation sites is 1. The van der Waals surface area contributed by atoms with E-state index in [1.165, 1.54) is 0 Å². The Kier molecular flexibility index (Phi) is 6.68. The highest BCUT2D eigenvalue weighted by Crippen LogP contribution is 2.42. The highest BCUT2D eigenvalue weighted by atomic mass is 35.5. The van der Waals surface area contributed by atoms with Crippen LogP contribution < -0.4 is 5.32 Å². The topological polar surface area (TPSA) is 48.7 Å². The minimum atomic E-state index is -0.217. The van der Waals surface area contributed by atoms with Gasteiger partial charge in [0, 0.05) is 42.2 Å². The lowest BCUT2D eigenvalue weighted by atomic mass is 9.99. The van der Waals surface area contributed by atoms with Gasteiger partial charge in [-0.1, -0.05) is 67.1 Å². The molecule has 0 saturated carbocycles. The average Bonchev–Trinajstić information content (AvgIpc) is 3.24. The van der Waals surface area contributed by atoms with E-state index in [1.807, 2.05) is 72.8 Å². The Morgan fingerprint density at radius 2 is 1.62 bits per heavy atom. The molecule has 0 bridgehead atoms. The van der Waals surface area contributed by atoms with Crippen LogP contribution in [0, 0.1) is 0 Å². The summed E-state index contributed by atoms with van der Waals surface area (Å²) in [6.45, 7) is 6.94. The van der Waals surface area contributed by atoms with Gasteiger partial charge < -0.3 is 14.6 Å². The number of carbonyl (C=O) groups is 1. The first kappa shape index (κ1) is 22.7. The monoisotopic (exact) mass is 473 g/mol. The molecule has 1 atom stereocenters. The van der Waals surface area contributed by atoms with Crippen molar-refractivity contribution in [2.75, 3.05) is 38.0 Å². The predicted molar refractivity (Wildman–Crippen MR) is 138 cm³/mol. The Labute approximate surface area is 204 Å². The second kappa shape index (κ2) is 10.0. The summed E-state index contributed by atoms with van der Waals surface area (Å²) in [4.78, 5) is 18.0. The summed E-state index contributed by atoms with van der Waals surface area (Å²) in [5.74, 6) is 0.547. The van der Waals surface area contributed by atoms with Crippen LogP contribution in [0.3, 0.4) is 0 Å². The van der Waals surface area contributed by atoms with Crippen molar-refractivity contribution in [3.63, 3.8) is 0 Å². The molecule has 4 aromatic rings. The van der Waals surface area contributed by atoms with E-state index in [0.717, 1.165) is 49.3 Å². The fourth-order valence-electron chi connectivity index (χ4n) is 4.70. The maximum absolute atomic E-state index is 13.2. The standard InChI is InChI=1S/C28H28ClN3O2/c1-2-31-16-18-32(19-17-31)26(21-12-6-8-14-23(21)29)27-25(22-13-7-9-15-24(22)34-27)30-28(33)20-10-4-3-5-11-20/h3-15,26H,2,16-19H2,1H3,(H,30,33)/t26-/m1/s1. The smallest absolute Gasteiger partial charge is 0.255 e. The molecule has 1 aliphatic heterocycles. The number of carbonyl (C=O) groups excluding carboxylic acids is 1. The summed E-state index contributed by atoms with van der Waals surface area (Å²) in [6.07, 6.45) is 0. The number of anilines is 1. The van der Waals surface area contributed by atoms with Crippen molar-refractivity contribution in [2.24, 2.45) is 0 Å². The van der Waals surface area contributed by atoms with Gasteiger partial charge in [0.25, 0.3) is 5.91 Å². The molecule has 1 aromatic heterocycles. The Bertz CT molecular complexity index is 1280. The van der Waals surface area contributed by atoms with Crippen LogP contribution in [0.1, 0.15) is 34.6 Å². The van der Waals surface area contributed by atoms with Crippen LogP contribution in [-0.4, -0.2) is 48.4 Å². The molecule has 1 saturated heterocycles. The molecule has 0 spiro atoms. The molecule has 6 heteroatoms. The van der Waals surface area contributed by atoms with E-state index in [1.54, 1.807) is 0 Å². The summed E-state index contributed by atoms with van der Waals surface area (Å²) in [7, 11) is 0. The van der Waals surface area contributed by atoms with Gasteiger partial charge in [-0.3, -0.25) is 9.69 Å². The molecule has 1 aliphatic rings. The van der Waals surface area contributed by atoms with Gasteiger partial charge in [0.05, 0.1) is 11.7 Å². The Morgan fingerprint density at radius 3 is 2.35 bits per heavy atom. The van der Waals surface area contributed by atoms with Crippen molar-refractivity contribution in [1.82, 2.24) is 9.80 Å². The Balaban J connectivity index is 1.62. The number of likely N-dealkylation sites (N-methyl/N-ethyl adjacent to an activating group) is 1. The zero-order valence-electron chi connectivity index (χ0n) is 19.2. The highest BCUT2D eigenvalue weighted by molar-refractivity contribution is 6.31. The molecule has 1 N–H and O–H groups in total. The summed E-state index contributed by atoms with van der Waals surface area (Å²) < 4.78 is 6.49. The van der Waals surface area contributed by atoms with E-state index in [-0.39, 0.29) is 11.9 Å². The van der Waals surface area contributed by atoms with Crippen LogP contribution in [0.2, 0.25) is 5.02 Å². The first-order valence-corrected chi connectivity index (χ1v) is 12.1. The molecule has 5 nitrogen and oxygen atoms in total. The lowest BCUT2D eigenvalue weighted by Crippen LogP contribution is -2.47. The number of rotatable bonds is 6. The summed E-state index contributed by atoms with van der Waals surface area (Å²) in [6, 6.07) is 24.8. The minimum Gasteiger partial charge on any atom is -0.457 e. The zero-order valence-corrected chi connectivity index (χ0v) is 20.0. The van der Waals surface area contributed by atoms with Crippen molar-refractivity contribution in [3.8, 4) is 0 Å². The third kappa shape index (κ3) is 4.47. The number of hydrogen-bond acceptors (Lipinski definition) is 4. The fraction of sp³-hybridized carbons (Fsp3) is 0.250. The van der Waals surface area contributed by atoms with Crippen LogP contribution >= 0.6 is 11.6 Å². The number of benzene rings is 3. The Morgan fingerprint density at radius 1 is 0.941 bits per heavy atom. The van der Waals surface area contributed by atoms with Gasteiger partial charge in [0.15, 0.2) is 5.76 Å². The quantitative estimate of drug-likeness (QED) is 0.369. The SMILES string of the molecule is CCN1CCN([C@H](c2ccccc2Cl)c2oc3ccccc3c2NC(=O)c2ccccc2)CC1. The van der Waals surface area contributed by atoms with E-state index < -0.39 is 0 Å². The van der Waals surface area contributed by atoms with Gasteiger partial charge in [-0.25, -0.2) is 0 Å². The molecule has 1 fully saturated rings. The van der Waals surface area contributed by atoms with Gasteiger partial charge in [-0.05, 0) is 42.4 Å². The van der Waals surface area contributed by atoms with Crippen molar-refractivity contribution < 1.29 is 9.21 Å². The normalized spacial score (nSPS) is 15.9. The first-order valence-electron chi connectivity index (χ1n) is 11.7. The van der Waals surface area contributed by atoms with Crippen LogP contribution in [0.5, 0.6) is 0 Å². The van der Waals surface area contributed by atoms with E-state index in [0.29, 0.717) is 22.0 Å². The molecule has 1 amide bonds. The van der Waals surface area contributed by atoms with Gasteiger partial charge in [0.1, 0.15) is 5.58 Å². The number of amides is 1. The van der Waals surface area contributed by atoms with Crippen LogP contribution in [0.4, 0.5) is 5.69 Å². The van der Waals surface area contributed by atoms with Crippen molar-refractivity contribution in [1.29, 1.82) is 0 Å². The van der Waals surface area contributed by atoms with E-state index in [9.17, 15) is 4.79 Å². The number of nitrogens with zero attached hydrogens (tertiary/aromatic N) is 2. The molecule has 2 heterocycles. The zero-order chi connectivity index (χ0) is 23.5. The van der Waals surface area contributed by atoms with Crippen LogP contribution in [0.15, 0.2) is 83.3 Å². The molecular formula is C28H28ClN3O2. The third-order valence-corrected chi connectivity index (χ3v) is 6.91. The largest absolute Gasteiger partial charge is 0.457 e. The molecular weight excluding hydrogens is 446 g/mol. The fourth-order valence-corrected chi connectivity index (χ4v) is 4.94. The average molecular weight is 474 g/mol. The second-order valence-electron chi connectivity index (χ2n) is 8.55. The maximum Gasteiger partial charge on any atom is 0.255 e. The number of halogens is 1. The lowest BCUT2D eigenvalue weighted by molar-refractivity contribution is 0.102. The number of hydrogen-bond donors (Lipinski definition) is 1. The molecule has 174 valence electrons. The van der Waals surface area contributed by atoms with E-state index in [2.05, 4.69) is 28.1 Å². The van der Waals surface area contributed by atoms with Crippen LogP contribution in [0.25, 0.3) is 11.0 Å². The van der Waals surface area contributed by atoms with Gasteiger partial charge in [-0.2, -0.15) is 0 Å². The molecule has 5 rings (SSSR count). The molecule has 0 unspecified atom stereocenters. The highest BCUT2D eigenvalue weighted by Gasteiger charge is 2.33. The number of piperazine rings is 1. The van der Waals surface area contributed by atoms with Gasteiger partial charge in [-0.15, -0.1) is 0 Å². The predicted octanol–water partition coefficient (Wildman–Crippen LogP) is 6.07. The summed E-state index contributed by atoms with van der Waals surface area (Å²) in [5, 5.41) is 4.73. The molecule has 0 aliphatic carbocycles. The van der Waals surface area contributed by atoms with E-state index >= 15 is 0 Å². The Hall–Kier alpha value is -3.12. The number of nitrogens with one attached hydrogen (secondary N) is 1. The van der Waals surface area contributed by atoms with Gasteiger partial charge >= 0.3 is 0 Å². The molecule has 0 radical (unpaired) electrons. The number of furan rings is 1. The maximum atomic E-state index is 13.2. The lowest BCUT2D eigenvalue weighted by Gasteiger charge is -2.38. The van der Waals surface area contributed by atoms with Crippen molar-refractivity contribution in [2.45, 2.75) is 13.0 Å². The van der Waals surface area contributed by atoms with Crippen molar-refractivity contribution in [3.05, 3.63) is 101 Å². The first-order chi connectivity index (χ1) is 16.7. The van der Waals surface area contributed by atoms with Crippen LogP contribution in [-0.2, 0) is 0 Å². The molecule has 3 aromatic carbocycles. The summed E-state index contributed by atoms with van der Waals surface area (Å²) in [5.41, 5.74) is 3.02. The van der Waals surface area contributed by atoms with Crippen molar-refractivity contribution >= 4 is 34.2 Å². The third-order valence-electron chi connectivity index (χ3n) is 6.56. The minimum absolute atomic E-state index is 0.165. The number of fused-ring (bicyclic) bond motifs is 1. The van der Waals surface area contributed by atoms with Gasteiger partial charge in [0.2, 0.25) is 0 Å². The summed E-state index contributed by atoms with van der Waals surface area (Å²) >= 11 is 6.73. The second-order valence-corrected chi connectivity index (χ2v) is 8.96.